The summed E-state index contributed by atoms with van der Waals surface area (Å²) in [6.45, 7) is 0.843. The minimum atomic E-state index is -4.54. The highest BCUT2D eigenvalue weighted by molar-refractivity contribution is 6.00. The summed E-state index contributed by atoms with van der Waals surface area (Å²) in [4.78, 5) is 27.4. The van der Waals surface area contributed by atoms with Crippen molar-refractivity contribution >= 4 is 17.8 Å². The number of alkyl halides is 3. The number of hydrogen-bond donors (Lipinski definition) is 2. The van der Waals surface area contributed by atoms with E-state index in [1.54, 1.807) is 6.07 Å². The number of rotatable bonds is 2. The molecule has 3 heterocycles. The largest absolute Gasteiger partial charge is 0.408 e. The molecule has 0 aromatic carbocycles. The molecule has 10 heteroatoms. The van der Waals surface area contributed by atoms with Gasteiger partial charge in [0, 0.05) is 23.5 Å². The number of nitrogens with one attached hydrogen (secondary N) is 2. The molecule has 126 valence electrons. The molecule has 0 spiro atoms. The Kier molecular flexibility index (Phi) is 3.74. The fourth-order valence-electron chi connectivity index (χ4n) is 2.29. The van der Waals surface area contributed by atoms with Gasteiger partial charge in [-0.1, -0.05) is 0 Å². The zero-order chi connectivity index (χ0) is 17.5. The van der Waals surface area contributed by atoms with Gasteiger partial charge in [-0.2, -0.15) is 23.0 Å². The number of carbonyl (C=O) groups is 2. The molecule has 2 aromatic rings. The van der Waals surface area contributed by atoms with Crippen molar-refractivity contribution < 1.29 is 22.8 Å². The number of amides is 2. The molecule has 3 rings (SSSR count). The molecule has 0 saturated heterocycles. The minimum Gasteiger partial charge on any atom is -0.325 e. The van der Waals surface area contributed by atoms with Crippen LogP contribution >= 0.6 is 0 Å². The number of pyridine rings is 1. The Morgan fingerprint density at radius 3 is 2.92 bits per heavy atom. The number of halogens is 3. The van der Waals surface area contributed by atoms with Crippen molar-refractivity contribution in [2.45, 2.75) is 25.6 Å². The number of fused-ring (bicyclic) bond motifs is 1. The number of nitrogens with zero attached hydrogens (tertiary/aromatic N) is 3. The second-order valence-electron chi connectivity index (χ2n) is 5.30. The summed E-state index contributed by atoms with van der Waals surface area (Å²) >= 11 is 0. The summed E-state index contributed by atoms with van der Waals surface area (Å²) < 4.78 is 38.3. The van der Waals surface area contributed by atoms with Gasteiger partial charge in [0.05, 0.1) is 12.6 Å². The minimum absolute atomic E-state index is 0.140. The molecule has 0 saturated carbocycles. The highest BCUT2D eigenvalue weighted by Gasteiger charge is 2.37. The van der Waals surface area contributed by atoms with Gasteiger partial charge in [-0.25, -0.2) is 9.78 Å². The molecular weight excluding hydrogens is 327 g/mol. The first-order chi connectivity index (χ1) is 11.3. The number of anilines is 1. The van der Waals surface area contributed by atoms with E-state index in [0.29, 0.717) is 22.5 Å². The van der Waals surface area contributed by atoms with E-state index in [1.807, 2.05) is 5.32 Å². The van der Waals surface area contributed by atoms with Crippen LogP contribution in [0, 0.1) is 0 Å². The van der Waals surface area contributed by atoms with Crippen molar-refractivity contribution in [1.29, 1.82) is 0 Å². The Hall–Kier alpha value is -2.91. The van der Waals surface area contributed by atoms with Crippen LogP contribution in [0.3, 0.4) is 0 Å². The summed E-state index contributed by atoms with van der Waals surface area (Å²) in [6.07, 6.45) is -0.263. The van der Waals surface area contributed by atoms with Gasteiger partial charge in [-0.3, -0.25) is 4.79 Å². The fourth-order valence-corrected chi connectivity index (χ4v) is 2.29. The van der Waals surface area contributed by atoms with Crippen LogP contribution in [0.25, 0.3) is 11.1 Å². The van der Waals surface area contributed by atoms with Crippen molar-refractivity contribution in [2.24, 2.45) is 0 Å². The third-order valence-corrected chi connectivity index (χ3v) is 3.58. The quantitative estimate of drug-likeness (QED) is 0.875. The lowest BCUT2D eigenvalue weighted by Gasteiger charge is -2.16. The van der Waals surface area contributed by atoms with E-state index in [-0.39, 0.29) is 12.3 Å². The Balaban J connectivity index is 1.84. The maximum absolute atomic E-state index is 12.5. The van der Waals surface area contributed by atoms with Crippen LogP contribution in [0.4, 0.5) is 23.8 Å². The van der Waals surface area contributed by atoms with Gasteiger partial charge in [-0.05, 0) is 18.6 Å². The van der Waals surface area contributed by atoms with Gasteiger partial charge in [0.15, 0.2) is 0 Å². The summed E-state index contributed by atoms with van der Waals surface area (Å²) in [5, 5.41) is 8.20. The Bertz CT molecular complexity index is 815. The second kappa shape index (κ2) is 5.62. The first-order valence-electron chi connectivity index (χ1n) is 6.96. The zero-order valence-corrected chi connectivity index (χ0v) is 12.4. The Morgan fingerprint density at radius 2 is 2.21 bits per heavy atom. The predicted molar refractivity (Wildman–Crippen MR) is 77.2 cm³/mol. The van der Waals surface area contributed by atoms with Crippen molar-refractivity contribution in [3.05, 3.63) is 30.2 Å². The van der Waals surface area contributed by atoms with E-state index in [4.69, 9.17) is 0 Å². The average molecular weight is 339 g/mol. The zero-order valence-electron chi connectivity index (χ0n) is 12.4. The molecule has 2 amide bonds. The molecule has 0 fully saturated rings. The van der Waals surface area contributed by atoms with Crippen LogP contribution in [0.5, 0.6) is 0 Å². The van der Waals surface area contributed by atoms with E-state index >= 15 is 0 Å². The molecule has 1 aliphatic rings. The molecule has 0 radical (unpaired) electrons. The fraction of sp³-hybridized carbons (Fsp3) is 0.286. The second-order valence-corrected chi connectivity index (χ2v) is 5.30. The van der Waals surface area contributed by atoms with Gasteiger partial charge in [-0.15, -0.1) is 0 Å². The molecular formula is C14H12F3N5O2. The lowest BCUT2D eigenvalue weighted by molar-refractivity contribution is -0.148. The standard InChI is InChI=1S/C14H12F3N5O2/c1-7(14(15,16)17)20-13(24)22-6-8(5-19-22)9-2-3-18-12-10(9)4-11(23)21-12/h2-3,5-7H,4H2,1H3,(H,20,24)(H,18,21,23). The maximum Gasteiger partial charge on any atom is 0.408 e. The van der Waals surface area contributed by atoms with Gasteiger partial charge in [0.25, 0.3) is 0 Å². The van der Waals surface area contributed by atoms with Crippen molar-refractivity contribution in [3.8, 4) is 11.1 Å². The first kappa shape index (κ1) is 16.0. The van der Waals surface area contributed by atoms with Gasteiger partial charge < -0.3 is 10.6 Å². The van der Waals surface area contributed by atoms with Crippen molar-refractivity contribution in [3.63, 3.8) is 0 Å². The van der Waals surface area contributed by atoms with Crippen molar-refractivity contribution in [1.82, 2.24) is 20.1 Å². The molecule has 2 aromatic heterocycles. The van der Waals surface area contributed by atoms with Gasteiger partial charge in [0.2, 0.25) is 5.91 Å². The molecule has 24 heavy (non-hydrogen) atoms. The lowest BCUT2D eigenvalue weighted by atomic mass is 10.0. The maximum atomic E-state index is 12.5. The topological polar surface area (TPSA) is 88.9 Å². The summed E-state index contributed by atoms with van der Waals surface area (Å²) in [7, 11) is 0. The molecule has 1 unspecified atom stereocenters. The van der Waals surface area contributed by atoms with Crippen LogP contribution in [0.15, 0.2) is 24.7 Å². The van der Waals surface area contributed by atoms with Crippen LogP contribution < -0.4 is 10.6 Å². The van der Waals surface area contributed by atoms with Crippen LogP contribution in [-0.2, 0) is 11.2 Å². The molecule has 1 atom stereocenters. The van der Waals surface area contributed by atoms with E-state index in [0.717, 1.165) is 11.6 Å². The van der Waals surface area contributed by atoms with Gasteiger partial charge >= 0.3 is 12.2 Å². The molecule has 1 aliphatic heterocycles. The van der Waals surface area contributed by atoms with Gasteiger partial charge in [0.1, 0.15) is 11.9 Å². The smallest absolute Gasteiger partial charge is 0.325 e. The first-order valence-corrected chi connectivity index (χ1v) is 6.96. The number of aromatic nitrogens is 3. The third kappa shape index (κ3) is 2.94. The van der Waals surface area contributed by atoms with Crippen molar-refractivity contribution in [2.75, 3.05) is 5.32 Å². The summed E-state index contributed by atoms with van der Waals surface area (Å²) in [5.41, 5.74) is 1.80. The Morgan fingerprint density at radius 1 is 1.46 bits per heavy atom. The summed E-state index contributed by atoms with van der Waals surface area (Å²) in [5.74, 6) is 0.231. The van der Waals surface area contributed by atoms with Crippen LogP contribution in [0.1, 0.15) is 12.5 Å². The SMILES string of the molecule is CC(NC(=O)n1cc(-c2ccnc3c2CC(=O)N3)cn1)C(F)(F)F. The highest BCUT2D eigenvalue weighted by atomic mass is 19.4. The summed E-state index contributed by atoms with van der Waals surface area (Å²) in [6, 6.07) is -1.34. The molecule has 0 bridgehead atoms. The van der Waals surface area contributed by atoms with Crippen LogP contribution in [0.2, 0.25) is 0 Å². The Labute approximate surface area is 133 Å². The lowest BCUT2D eigenvalue weighted by Crippen LogP contribution is -2.44. The third-order valence-electron chi connectivity index (χ3n) is 3.58. The number of hydrogen-bond acceptors (Lipinski definition) is 4. The van der Waals surface area contributed by atoms with E-state index in [2.05, 4.69) is 15.4 Å². The molecule has 0 aliphatic carbocycles. The van der Waals surface area contributed by atoms with E-state index in [9.17, 15) is 22.8 Å². The van der Waals surface area contributed by atoms with Crippen LogP contribution in [-0.4, -0.2) is 38.9 Å². The average Bonchev–Trinajstić information content (AvgIpc) is 3.10. The monoisotopic (exact) mass is 339 g/mol. The van der Waals surface area contributed by atoms with E-state index < -0.39 is 18.2 Å². The highest BCUT2D eigenvalue weighted by Crippen LogP contribution is 2.31. The molecule has 2 N–H and O–H groups in total. The normalized spacial score (nSPS) is 14.9. The molecule has 7 nitrogen and oxygen atoms in total. The predicted octanol–water partition coefficient (Wildman–Crippen LogP) is 1.95. The van der Waals surface area contributed by atoms with E-state index in [1.165, 1.54) is 18.6 Å². The number of carbonyl (C=O) groups excluding carboxylic acids is 2.